The van der Waals surface area contributed by atoms with E-state index >= 15 is 0 Å². The number of hydrogen-bond donors (Lipinski definition) is 1. The van der Waals surface area contributed by atoms with Crippen molar-refractivity contribution in [2.24, 2.45) is 5.73 Å². The zero-order chi connectivity index (χ0) is 13.3. The lowest BCUT2D eigenvalue weighted by Gasteiger charge is -2.22. The lowest BCUT2D eigenvalue weighted by atomic mass is 10.1. The maximum Gasteiger partial charge on any atom is 0.185 e. The van der Waals surface area contributed by atoms with Crippen molar-refractivity contribution < 1.29 is 0 Å². The Morgan fingerprint density at radius 2 is 2.11 bits per heavy atom. The van der Waals surface area contributed by atoms with Crippen molar-refractivity contribution in [3.8, 4) is 0 Å². The average molecular weight is 285 g/mol. The fraction of sp³-hybridized carbons (Fsp3) is 0.769. The van der Waals surface area contributed by atoms with Crippen LogP contribution >= 0.6 is 23.1 Å². The van der Waals surface area contributed by atoms with Crippen LogP contribution in [0.3, 0.4) is 0 Å². The van der Waals surface area contributed by atoms with Crippen molar-refractivity contribution in [2.45, 2.75) is 44.9 Å². The molecule has 1 aliphatic heterocycles. The molecule has 2 N–H and O–H groups in total. The zero-order valence-corrected chi connectivity index (χ0v) is 13.3. The molecule has 0 radical (unpaired) electrons. The summed E-state index contributed by atoms with van der Waals surface area (Å²) >= 11 is 3.83. The van der Waals surface area contributed by atoms with Crippen LogP contribution in [0.25, 0.3) is 0 Å². The number of aryl methyl sites for hydroxylation is 1. The van der Waals surface area contributed by atoms with Crippen LogP contribution in [0.5, 0.6) is 0 Å². The maximum absolute atomic E-state index is 5.98. The van der Waals surface area contributed by atoms with Gasteiger partial charge in [-0.15, -0.1) is 11.3 Å². The van der Waals surface area contributed by atoms with Crippen LogP contribution in [-0.4, -0.2) is 28.6 Å². The summed E-state index contributed by atoms with van der Waals surface area (Å²) in [7, 11) is 0. The number of thiazole rings is 1. The summed E-state index contributed by atoms with van der Waals surface area (Å²) in [4.78, 5) is 8.35. The van der Waals surface area contributed by atoms with Crippen molar-refractivity contribution in [2.75, 3.05) is 23.7 Å². The third kappa shape index (κ3) is 3.19. The van der Waals surface area contributed by atoms with E-state index in [1.807, 2.05) is 6.92 Å². The number of anilines is 1. The first-order valence-electron chi connectivity index (χ1n) is 6.51. The van der Waals surface area contributed by atoms with E-state index in [0.717, 1.165) is 23.9 Å². The summed E-state index contributed by atoms with van der Waals surface area (Å²) < 4.78 is 0.394. The van der Waals surface area contributed by atoms with Crippen molar-refractivity contribution in [3.05, 3.63) is 10.6 Å². The molecule has 0 aromatic carbocycles. The third-order valence-electron chi connectivity index (χ3n) is 3.34. The molecular formula is C13H23N3S2. The van der Waals surface area contributed by atoms with Crippen molar-refractivity contribution >= 4 is 28.2 Å². The number of nitrogens with two attached hydrogens (primary N) is 1. The smallest absolute Gasteiger partial charge is 0.185 e. The Morgan fingerprint density at radius 3 is 2.72 bits per heavy atom. The number of thioether (sulfide) groups is 1. The molecule has 2 heterocycles. The van der Waals surface area contributed by atoms with E-state index in [4.69, 9.17) is 10.7 Å². The second kappa shape index (κ2) is 5.39. The first-order chi connectivity index (χ1) is 8.39. The molecule has 0 spiro atoms. The highest BCUT2D eigenvalue weighted by Gasteiger charge is 2.25. The molecule has 3 nitrogen and oxygen atoms in total. The minimum absolute atomic E-state index is 0.0917. The van der Waals surface area contributed by atoms with Crippen LogP contribution < -0.4 is 10.6 Å². The van der Waals surface area contributed by atoms with Gasteiger partial charge in [0.05, 0.1) is 5.69 Å². The van der Waals surface area contributed by atoms with Gasteiger partial charge in [-0.1, -0.05) is 13.8 Å². The first kappa shape index (κ1) is 14.2. The van der Waals surface area contributed by atoms with Crippen molar-refractivity contribution in [3.63, 3.8) is 0 Å². The van der Waals surface area contributed by atoms with Gasteiger partial charge in [-0.05, 0) is 20.3 Å². The van der Waals surface area contributed by atoms with Gasteiger partial charge in [-0.3, -0.25) is 0 Å². The van der Waals surface area contributed by atoms with Gasteiger partial charge in [0.1, 0.15) is 0 Å². The van der Waals surface area contributed by atoms with Crippen molar-refractivity contribution in [1.82, 2.24) is 4.98 Å². The van der Waals surface area contributed by atoms with E-state index < -0.39 is 0 Å². The maximum atomic E-state index is 5.98. The highest BCUT2D eigenvalue weighted by atomic mass is 32.2. The second-order valence-electron chi connectivity index (χ2n) is 5.58. The van der Waals surface area contributed by atoms with Gasteiger partial charge in [0.25, 0.3) is 0 Å². The molecular weight excluding hydrogens is 262 g/mol. The molecule has 0 amide bonds. The Bertz CT molecular complexity index is 412. The van der Waals surface area contributed by atoms with Crippen LogP contribution in [0.2, 0.25) is 0 Å². The van der Waals surface area contributed by atoms with Crippen LogP contribution in [0.4, 0.5) is 5.13 Å². The van der Waals surface area contributed by atoms with Gasteiger partial charge >= 0.3 is 0 Å². The van der Waals surface area contributed by atoms with Crippen LogP contribution in [0.15, 0.2) is 0 Å². The van der Waals surface area contributed by atoms with E-state index in [-0.39, 0.29) is 6.04 Å². The monoisotopic (exact) mass is 285 g/mol. The third-order valence-corrected chi connectivity index (χ3v) is 6.13. The molecule has 1 unspecified atom stereocenters. The molecule has 0 bridgehead atoms. The molecule has 1 aliphatic rings. The molecule has 102 valence electrons. The Kier molecular flexibility index (Phi) is 4.24. The predicted octanol–water partition coefficient (Wildman–Crippen LogP) is 3.19. The second-order valence-corrected chi connectivity index (χ2v) is 8.39. The van der Waals surface area contributed by atoms with E-state index in [2.05, 4.69) is 37.4 Å². The lowest BCUT2D eigenvalue weighted by molar-refractivity contribution is 0.637. The summed E-state index contributed by atoms with van der Waals surface area (Å²) in [6.45, 7) is 11.0. The number of hydrogen-bond acceptors (Lipinski definition) is 5. The molecule has 2 rings (SSSR count). The van der Waals surface area contributed by atoms with E-state index in [1.54, 1.807) is 11.3 Å². The number of rotatable bonds is 2. The number of nitrogens with zero attached hydrogens (tertiary/aromatic N) is 2. The zero-order valence-electron chi connectivity index (χ0n) is 11.7. The average Bonchev–Trinajstić information content (AvgIpc) is 2.55. The molecule has 0 aliphatic carbocycles. The van der Waals surface area contributed by atoms with E-state index in [0.29, 0.717) is 4.75 Å². The van der Waals surface area contributed by atoms with Gasteiger partial charge in [-0.2, -0.15) is 11.8 Å². The summed E-state index contributed by atoms with van der Waals surface area (Å²) in [5.74, 6) is 1.18. The van der Waals surface area contributed by atoms with Gasteiger partial charge < -0.3 is 10.6 Å². The summed E-state index contributed by atoms with van der Waals surface area (Å²) in [6, 6.07) is 0.0917. The van der Waals surface area contributed by atoms with E-state index in [1.165, 1.54) is 17.1 Å². The molecule has 5 heteroatoms. The molecule has 18 heavy (non-hydrogen) atoms. The van der Waals surface area contributed by atoms with Gasteiger partial charge in [0.2, 0.25) is 0 Å². The van der Waals surface area contributed by atoms with Gasteiger partial charge in [0, 0.05) is 34.5 Å². The topological polar surface area (TPSA) is 42.2 Å². The quantitative estimate of drug-likeness (QED) is 0.906. The fourth-order valence-corrected chi connectivity index (χ4v) is 4.33. The minimum Gasteiger partial charge on any atom is -0.347 e. The molecule has 1 saturated heterocycles. The van der Waals surface area contributed by atoms with E-state index in [9.17, 15) is 0 Å². The van der Waals surface area contributed by atoms with Gasteiger partial charge in [0.15, 0.2) is 5.13 Å². The SMILES string of the molecule is Cc1nc(N2CCSC(C)(C)CC2)sc1C(C)N. The van der Waals surface area contributed by atoms with Gasteiger partial charge in [-0.25, -0.2) is 4.98 Å². The Balaban J connectivity index is 2.14. The largest absolute Gasteiger partial charge is 0.347 e. The normalized spacial score (nSPS) is 21.7. The molecule has 1 aromatic heterocycles. The predicted molar refractivity (Wildman–Crippen MR) is 82.8 cm³/mol. The molecule has 1 atom stereocenters. The van der Waals surface area contributed by atoms with Crippen LogP contribution in [-0.2, 0) is 0 Å². The van der Waals surface area contributed by atoms with Crippen molar-refractivity contribution in [1.29, 1.82) is 0 Å². The molecule has 1 aromatic rings. The van der Waals surface area contributed by atoms with Crippen LogP contribution in [0.1, 0.15) is 43.8 Å². The Hall–Kier alpha value is -0.260. The van der Waals surface area contributed by atoms with Crippen LogP contribution in [0, 0.1) is 6.92 Å². The summed E-state index contributed by atoms with van der Waals surface area (Å²) in [6.07, 6.45) is 1.21. The highest BCUT2D eigenvalue weighted by molar-refractivity contribution is 8.00. The first-order valence-corrected chi connectivity index (χ1v) is 8.31. The standard InChI is InChI=1S/C13H23N3S2/c1-9(14)11-10(2)15-12(18-11)16-6-5-13(3,4)17-8-7-16/h9H,5-8,14H2,1-4H3. The lowest BCUT2D eigenvalue weighted by Crippen LogP contribution is -2.26. The Morgan fingerprint density at radius 1 is 1.39 bits per heavy atom. The molecule has 0 saturated carbocycles. The Labute approximate surface area is 118 Å². The minimum atomic E-state index is 0.0917. The summed E-state index contributed by atoms with van der Waals surface area (Å²) in [5.41, 5.74) is 7.08. The highest BCUT2D eigenvalue weighted by Crippen LogP contribution is 2.35. The summed E-state index contributed by atoms with van der Waals surface area (Å²) in [5, 5.41) is 1.15. The fourth-order valence-electron chi connectivity index (χ4n) is 2.16. The number of aromatic nitrogens is 1. The molecule has 1 fully saturated rings.